The topological polar surface area (TPSA) is 64.6 Å². The Labute approximate surface area is 137 Å². The van der Waals surface area contributed by atoms with Crippen LogP contribution < -0.4 is 5.32 Å². The van der Waals surface area contributed by atoms with Crippen molar-refractivity contribution in [2.45, 2.75) is 45.3 Å². The number of carbonyl (C=O) groups excluding carboxylic acids is 2. The summed E-state index contributed by atoms with van der Waals surface area (Å²) < 4.78 is 11.2. The normalized spacial score (nSPS) is 22.1. The molecule has 1 aromatic rings. The fourth-order valence-electron chi connectivity index (χ4n) is 3.50. The Bertz CT molecular complexity index is 580. The molecule has 0 aliphatic heterocycles. The van der Waals surface area contributed by atoms with Gasteiger partial charge in [-0.3, -0.25) is 4.79 Å². The first-order chi connectivity index (χ1) is 11.0. The maximum atomic E-state index is 12.4. The summed E-state index contributed by atoms with van der Waals surface area (Å²) in [5.74, 6) is -0.610. The summed E-state index contributed by atoms with van der Waals surface area (Å²) >= 11 is 0. The molecule has 0 bridgehead atoms. The van der Waals surface area contributed by atoms with Gasteiger partial charge in [-0.05, 0) is 31.0 Å². The minimum absolute atomic E-state index is 0.108. The fourth-order valence-corrected chi connectivity index (χ4v) is 3.50. The molecule has 1 N–H and O–H groups in total. The molecule has 2 rings (SSSR count). The van der Waals surface area contributed by atoms with Crippen molar-refractivity contribution in [3.8, 4) is 0 Å². The summed E-state index contributed by atoms with van der Waals surface area (Å²) in [5, 5.41) is 2.55. The zero-order valence-corrected chi connectivity index (χ0v) is 14.2. The Morgan fingerprint density at radius 1 is 1.22 bits per heavy atom. The average molecular weight is 319 g/mol. The first kappa shape index (κ1) is 17.5. The summed E-state index contributed by atoms with van der Waals surface area (Å²) in [6, 6.07) is 6.59. The van der Waals surface area contributed by atoms with Crippen molar-refractivity contribution in [3.05, 3.63) is 35.4 Å². The van der Waals surface area contributed by atoms with E-state index in [2.05, 4.69) is 19.2 Å². The molecule has 1 aromatic carbocycles. The smallest absolute Gasteiger partial charge is 0.338 e. The minimum Gasteiger partial charge on any atom is -0.458 e. The van der Waals surface area contributed by atoms with Gasteiger partial charge in [0.2, 0.25) is 0 Å². The molecule has 5 heteroatoms. The standard InChI is InChI=1S/C18H25NO4/c1-5-18(6-2)14(22-4)11-15(18)23-17(21)13-9-7-8-12(10-13)16(20)19-3/h7-10,14-15H,5-6,11H2,1-4H3,(H,19,20)/t14-,15-/m0/s1. The molecular weight excluding hydrogens is 294 g/mol. The lowest BCUT2D eigenvalue weighted by atomic mass is 9.60. The second-order valence-corrected chi connectivity index (χ2v) is 5.95. The SMILES string of the molecule is CCC1(CC)[C@@H](OC)C[C@@H]1OC(=O)c1cccc(C(=O)NC)c1. The Kier molecular flexibility index (Phi) is 5.42. The van der Waals surface area contributed by atoms with Gasteiger partial charge in [0.25, 0.3) is 5.91 Å². The quantitative estimate of drug-likeness (QED) is 0.819. The van der Waals surface area contributed by atoms with Crippen LogP contribution >= 0.6 is 0 Å². The molecule has 1 saturated carbocycles. The zero-order valence-electron chi connectivity index (χ0n) is 14.2. The molecule has 0 unspecified atom stereocenters. The van der Waals surface area contributed by atoms with Crippen LogP contribution in [0, 0.1) is 5.41 Å². The van der Waals surface area contributed by atoms with Gasteiger partial charge in [-0.25, -0.2) is 4.79 Å². The average Bonchev–Trinajstić information content (AvgIpc) is 2.58. The number of nitrogens with one attached hydrogen (secondary N) is 1. The van der Waals surface area contributed by atoms with Gasteiger partial charge in [0.05, 0.1) is 11.7 Å². The molecule has 5 nitrogen and oxygen atoms in total. The molecule has 2 atom stereocenters. The molecule has 0 heterocycles. The lowest BCUT2D eigenvalue weighted by Crippen LogP contribution is -2.58. The largest absolute Gasteiger partial charge is 0.458 e. The Morgan fingerprint density at radius 3 is 2.43 bits per heavy atom. The van der Waals surface area contributed by atoms with Crippen molar-refractivity contribution in [1.82, 2.24) is 5.32 Å². The van der Waals surface area contributed by atoms with E-state index in [-0.39, 0.29) is 29.5 Å². The Morgan fingerprint density at radius 2 is 1.87 bits per heavy atom. The van der Waals surface area contributed by atoms with Crippen LogP contribution in [0.3, 0.4) is 0 Å². The van der Waals surface area contributed by atoms with Crippen LogP contribution in [0.2, 0.25) is 0 Å². The summed E-state index contributed by atoms with van der Waals surface area (Å²) in [5.41, 5.74) is 0.735. The van der Waals surface area contributed by atoms with Crippen LogP contribution in [0.1, 0.15) is 53.8 Å². The maximum Gasteiger partial charge on any atom is 0.338 e. The molecule has 0 saturated heterocycles. The van der Waals surface area contributed by atoms with Crippen molar-refractivity contribution in [2.24, 2.45) is 5.41 Å². The van der Waals surface area contributed by atoms with E-state index in [9.17, 15) is 9.59 Å². The molecule has 23 heavy (non-hydrogen) atoms. The summed E-state index contributed by atoms with van der Waals surface area (Å²) in [7, 11) is 3.26. The second kappa shape index (κ2) is 7.13. The lowest BCUT2D eigenvalue weighted by Gasteiger charge is -2.53. The number of carbonyl (C=O) groups is 2. The van der Waals surface area contributed by atoms with Crippen LogP contribution in [-0.2, 0) is 9.47 Å². The van der Waals surface area contributed by atoms with E-state index in [1.54, 1.807) is 38.4 Å². The van der Waals surface area contributed by atoms with Crippen molar-refractivity contribution in [3.63, 3.8) is 0 Å². The highest BCUT2D eigenvalue weighted by atomic mass is 16.6. The van der Waals surface area contributed by atoms with Crippen LogP contribution in [-0.4, -0.2) is 38.2 Å². The van der Waals surface area contributed by atoms with E-state index in [1.807, 2.05) is 0 Å². The van der Waals surface area contributed by atoms with Crippen molar-refractivity contribution in [1.29, 1.82) is 0 Å². The molecule has 0 spiro atoms. The van der Waals surface area contributed by atoms with Gasteiger partial charge in [-0.2, -0.15) is 0 Å². The summed E-state index contributed by atoms with van der Waals surface area (Å²) in [6.45, 7) is 4.20. The second-order valence-electron chi connectivity index (χ2n) is 5.95. The third-order valence-corrected chi connectivity index (χ3v) is 5.15. The molecule has 0 radical (unpaired) electrons. The van der Waals surface area contributed by atoms with E-state index < -0.39 is 0 Å². The van der Waals surface area contributed by atoms with Gasteiger partial charge in [-0.1, -0.05) is 19.9 Å². The molecule has 0 aromatic heterocycles. The van der Waals surface area contributed by atoms with E-state index in [1.165, 1.54) is 0 Å². The van der Waals surface area contributed by atoms with E-state index in [0.717, 1.165) is 19.3 Å². The van der Waals surface area contributed by atoms with Crippen LogP contribution in [0.25, 0.3) is 0 Å². The first-order valence-electron chi connectivity index (χ1n) is 8.08. The predicted octanol–water partition coefficient (Wildman–Crippen LogP) is 2.80. The van der Waals surface area contributed by atoms with Crippen molar-refractivity contribution in [2.75, 3.05) is 14.2 Å². The number of hydrogen-bond acceptors (Lipinski definition) is 4. The highest BCUT2D eigenvalue weighted by Crippen LogP contribution is 2.50. The zero-order chi connectivity index (χ0) is 17.0. The molecular formula is C18H25NO4. The number of hydrogen-bond donors (Lipinski definition) is 1. The molecule has 1 amide bonds. The summed E-state index contributed by atoms with van der Waals surface area (Å²) in [6.07, 6.45) is 2.52. The number of methoxy groups -OCH3 is 1. The van der Waals surface area contributed by atoms with Crippen LogP contribution in [0.5, 0.6) is 0 Å². The molecule has 1 fully saturated rings. The van der Waals surface area contributed by atoms with Gasteiger partial charge in [0.1, 0.15) is 6.10 Å². The van der Waals surface area contributed by atoms with E-state index in [0.29, 0.717) is 11.1 Å². The van der Waals surface area contributed by atoms with Gasteiger partial charge in [0, 0.05) is 31.6 Å². The molecule has 126 valence electrons. The minimum atomic E-state index is -0.387. The van der Waals surface area contributed by atoms with Gasteiger partial charge >= 0.3 is 5.97 Å². The first-order valence-corrected chi connectivity index (χ1v) is 8.08. The van der Waals surface area contributed by atoms with Crippen molar-refractivity contribution < 1.29 is 19.1 Å². The third-order valence-electron chi connectivity index (χ3n) is 5.15. The van der Waals surface area contributed by atoms with Gasteiger partial charge in [0.15, 0.2) is 0 Å². The number of rotatable bonds is 6. The predicted molar refractivity (Wildman–Crippen MR) is 87.5 cm³/mol. The van der Waals surface area contributed by atoms with Gasteiger partial charge < -0.3 is 14.8 Å². The van der Waals surface area contributed by atoms with Crippen LogP contribution in [0.4, 0.5) is 0 Å². The molecule has 1 aliphatic carbocycles. The molecule has 1 aliphatic rings. The van der Waals surface area contributed by atoms with Crippen LogP contribution in [0.15, 0.2) is 24.3 Å². The van der Waals surface area contributed by atoms with E-state index in [4.69, 9.17) is 9.47 Å². The highest BCUT2D eigenvalue weighted by molar-refractivity contribution is 5.97. The maximum absolute atomic E-state index is 12.4. The fraction of sp³-hybridized carbons (Fsp3) is 0.556. The Hall–Kier alpha value is -1.88. The Balaban J connectivity index is 2.12. The number of esters is 1. The lowest BCUT2D eigenvalue weighted by molar-refractivity contribution is -0.186. The highest BCUT2D eigenvalue weighted by Gasteiger charge is 2.55. The van der Waals surface area contributed by atoms with Crippen molar-refractivity contribution >= 4 is 11.9 Å². The monoisotopic (exact) mass is 319 g/mol. The third kappa shape index (κ3) is 3.11. The van der Waals surface area contributed by atoms with Gasteiger partial charge in [-0.15, -0.1) is 0 Å². The number of ether oxygens (including phenoxy) is 2. The van der Waals surface area contributed by atoms with E-state index >= 15 is 0 Å². The number of benzene rings is 1. The summed E-state index contributed by atoms with van der Waals surface area (Å²) in [4.78, 5) is 24.1. The number of amides is 1.